The molecular formula is C15H22FN3O. The summed E-state index contributed by atoms with van der Waals surface area (Å²) in [5.74, 6) is 0.821. The van der Waals surface area contributed by atoms with Crippen molar-refractivity contribution in [1.29, 1.82) is 0 Å². The van der Waals surface area contributed by atoms with Crippen molar-refractivity contribution in [3.63, 3.8) is 0 Å². The molecule has 0 spiro atoms. The Morgan fingerprint density at radius 3 is 2.70 bits per heavy atom. The fourth-order valence-corrected chi connectivity index (χ4v) is 2.59. The Hall–Kier alpha value is -1.78. The van der Waals surface area contributed by atoms with Gasteiger partial charge in [0, 0.05) is 18.2 Å². The van der Waals surface area contributed by atoms with E-state index in [4.69, 9.17) is 10.5 Å². The Morgan fingerprint density at radius 2 is 2.10 bits per heavy atom. The van der Waals surface area contributed by atoms with Crippen molar-refractivity contribution in [3.05, 3.63) is 17.9 Å². The zero-order valence-electron chi connectivity index (χ0n) is 12.5. The smallest absolute Gasteiger partial charge is 0.201 e. The number of aromatic nitrogens is 2. The summed E-state index contributed by atoms with van der Waals surface area (Å²) >= 11 is 0. The molecule has 1 aromatic carbocycles. The van der Waals surface area contributed by atoms with Crippen molar-refractivity contribution in [3.8, 4) is 5.75 Å². The molecule has 0 saturated carbocycles. The SMILES string of the molecule is CCC(C)CC(C)n1c(N)nc2cc(F)c(OC)cc21. The molecule has 20 heavy (non-hydrogen) atoms. The number of benzene rings is 1. The highest BCUT2D eigenvalue weighted by molar-refractivity contribution is 5.80. The summed E-state index contributed by atoms with van der Waals surface area (Å²) < 4.78 is 20.7. The van der Waals surface area contributed by atoms with Crippen LogP contribution in [-0.4, -0.2) is 16.7 Å². The van der Waals surface area contributed by atoms with Crippen molar-refractivity contribution in [2.24, 2.45) is 5.92 Å². The molecule has 2 atom stereocenters. The van der Waals surface area contributed by atoms with Gasteiger partial charge in [-0.25, -0.2) is 9.37 Å². The predicted octanol–water partition coefficient (Wildman–Crippen LogP) is 3.76. The van der Waals surface area contributed by atoms with Gasteiger partial charge in [0.1, 0.15) is 0 Å². The van der Waals surface area contributed by atoms with Gasteiger partial charge in [0.2, 0.25) is 5.95 Å². The number of nitrogen functional groups attached to an aromatic ring is 1. The van der Waals surface area contributed by atoms with Gasteiger partial charge in [0.05, 0.1) is 18.1 Å². The molecule has 0 bridgehead atoms. The number of fused-ring (bicyclic) bond motifs is 1. The maximum Gasteiger partial charge on any atom is 0.201 e. The number of nitrogens with zero attached hydrogens (tertiary/aromatic N) is 2. The van der Waals surface area contributed by atoms with Crippen LogP contribution in [0.2, 0.25) is 0 Å². The van der Waals surface area contributed by atoms with E-state index in [9.17, 15) is 4.39 Å². The van der Waals surface area contributed by atoms with Gasteiger partial charge in [-0.05, 0) is 19.3 Å². The third-order valence-electron chi connectivity index (χ3n) is 3.87. The van der Waals surface area contributed by atoms with E-state index < -0.39 is 5.82 Å². The number of nitrogens with two attached hydrogens (primary N) is 1. The molecular weight excluding hydrogens is 257 g/mol. The standard InChI is InChI=1S/C15H22FN3O/c1-5-9(2)6-10(3)19-13-8-14(20-4)11(16)7-12(13)18-15(19)17/h7-10H,5-6H2,1-4H3,(H2,17,18). The lowest BCUT2D eigenvalue weighted by molar-refractivity contribution is 0.386. The van der Waals surface area contributed by atoms with Crippen LogP contribution in [0.5, 0.6) is 5.75 Å². The molecule has 0 aliphatic rings. The van der Waals surface area contributed by atoms with Crippen LogP contribution in [0.4, 0.5) is 10.3 Å². The zero-order chi connectivity index (χ0) is 14.9. The summed E-state index contributed by atoms with van der Waals surface area (Å²) in [4.78, 5) is 4.25. The quantitative estimate of drug-likeness (QED) is 0.906. The zero-order valence-corrected chi connectivity index (χ0v) is 12.5. The van der Waals surface area contributed by atoms with E-state index in [0.717, 1.165) is 18.4 Å². The number of halogens is 1. The third kappa shape index (κ3) is 2.57. The highest BCUT2D eigenvalue weighted by Crippen LogP contribution is 2.31. The molecule has 4 nitrogen and oxygen atoms in total. The van der Waals surface area contributed by atoms with Gasteiger partial charge in [0.25, 0.3) is 0 Å². The summed E-state index contributed by atoms with van der Waals surface area (Å²) in [5, 5.41) is 0. The number of anilines is 1. The molecule has 0 aliphatic heterocycles. The topological polar surface area (TPSA) is 53.1 Å². The summed E-state index contributed by atoms with van der Waals surface area (Å²) in [6.07, 6.45) is 2.13. The number of ether oxygens (including phenoxy) is 1. The van der Waals surface area contributed by atoms with Crippen LogP contribution in [0.3, 0.4) is 0 Å². The molecule has 1 aromatic heterocycles. The van der Waals surface area contributed by atoms with Crippen LogP contribution in [0.1, 0.15) is 39.7 Å². The first kappa shape index (κ1) is 14.6. The average molecular weight is 279 g/mol. The van der Waals surface area contributed by atoms with Gasteiger partial charge < -0.3 is 15.0 Å². The van der Waals surface area contributed by atoms with Crippen molar-refractivity contribution >= 4 is 17.0 Å². The first-order valence-electron chi connectivity index (χ1n) is 6.98. The summed E-state index contributed by atoms with van der Waals surface area (Å²) in [6, 6.07) is 3.25. The second-order valence-corrected chi connectivity index (χ2v) is 5.41. The van der Waals surface area contributed by atoms with Crippen LogP contribution in [-0.2, 0) is 0 Å². The van der Waals surface area contributed by atoms with Crippen LogP contribution in [0.15, 0.2) is 12.1 Å². The summed E-state index contributed by atoms with van der Waals surface area (Å²) in [5.41, 5.74) is 7.38. The molecule has 2 N–H and O–H groups in total. The Labute approximate surface area is 118 Å². The van der Waals surface area contributed by atoms with E-state index in [-0.39, 0.29) is 11.8 Å². The molecule has 0 radical (unpaired) electrons. The van der Waals surface area contributed by atoms with Crippen molar-refractivity contribution in [2.75, 3.05) is 12.8 Å². The van der Waals surface area contributed by atoms with E-state index in [2.05, 4.69) is 25.8 Å². The van der Waals surface area contributed by atoms with E-state index in [1.807, 2.05) is 4.57 Å². The van der Waals surface area contributed by atoms with Crippen LogP contribution >= 0.6 is 0 Å². The van der Waals surface area contributed by atoms with Gasteiger partial charge in [-0.3, -0.25) is 0 Å². The lowest BCUT2D eigenvalue weighted by atomic mass is 10.00. The second kappa shape index (κ2) is 5.69. The third-order valence-corrected chi connectivity index (χ3v) is 3.87. The summed E-state index contributed by atoms with van der Waals surface area (Å²) in [7, 11) is 1.46. The average Bonchev–Trinajstić information content (AvgIpc) is 2.72. The molecule has 2 aromatic rings. The van der Waals surface area contributed by atoms with Crippen LogP contribution < -0.4 is 10.5 Å². The van der Waals surface area contributed by atoms with Gasteiger partial charge >= 0.3 is 0 Å². The molecule has 1 heterocycles. The number of imidazole rings is 1. The van der Waals surface area contributed by atoms with Crippen LogP contribution in [0, 0.1) is 11.7 Å². The van der Waals surface area contributed by atoms with Crippen molar-refractivity contribution < 1.29 is 9.13 Å². The highest BCUT2D eigenvalue weighted by Gasteiger charge is 2.18. The van der Waals surface area contributed by atoms with Gasteiger partial charge in [0.15, 0.2) is 11.6 Å². The van der Waals surface area contributed by atoms with E-state index >= 15 is 0 Å². The van der Waals surface area contributed by atoms with E-state index in [1.165, 1.54) is 13.2 Å². The lowest BCUT2D eigenvalue weighted by Crippen LogP contribution is -2.12. The van der Waals surface area contributed by atoms with Gasteiger partial charge in [-0.2, -0.15) is 0 Å². The Balaban J connectivity index is 2.49. The second-order valence-electron chi connectivity index (χ2n) is 5.41. The van der Waals surface area contributed by atoms with Crippen LogP contribution in [0.25, 0.3) is 11.0 Å². The Bertz CT molecular complexity index is 609. The Morgan fingerprint density at radius 1 is 1.40 bits per heavy atom. The monoisotopic (exact) mass is 279 g/mol. The minimum Gasteiger partial charge on any atom is -0.494 e. The molecule has 2 rings (SSSR count). The minimum atomic E-state index is -0.417. The van der Waals surface area contributed by atoms with Gasteiger partial charge in [-0.15, -0.1) is 0 Å². The fourth-order valence-electron chi connectivity index (χ4n) is 2.59. The van der Waals surface area contributed by atoms with Crippen molar-refractivity contribution in [2.45, 2.75) is 39.7 Å². The number of hydrogen-bond acceptors (Lipinski definition) is 3. The van der Waals surface area contributed by atoms with E-state index in [1.54, 1.807) is 6.07 Å². The first-order valence-corrected chi connectivity index (χ1v) is 6.98. The minimum absolute atomic E-state index is 0.213. The van der Waals surface area contributed by atoms with E-state index in [0.29, 0.717) is 17.4 Å². The molecule has 0 amide bonds. The predicted molar refractivity (Wildman–Crippen MR) is 79.4 cm³/mol. The highest BCUT2D eigenvalue weighted by atomic mass is 19.1. The molecule has 0 aliphatic carbocycles. The molecule has 0 saturated heterocycles. The maximum absolute atomic E-state index is 13.7. The molecule has 110 valence electrons. The normalized spacial score (nSPS) is 14.4. The largest absolute Gasteiger partial charge is 0.494 e. The van der Waals surface area contributed by atoms with Crippen molar-refractivity contribution in [1.82, 2.24) is 9.55 Å². The fraction of sp³-hybridized carbons (Fsp3) is 0.533. The Kier molecular flexibility index (Phi) is 4.16. The summed E-state index contributed by atoms with van der Waals surface area (Å²) in [6.45, 7) is 6.50. The number of hydrogen-bond donors (Lipinski definition) is 1. The first-order chi connectivity index (χ1) is 9.47. The molecule has 0 fully saturated rings. The van der Waals surface area contributed by atoms with Gasteiger partial charge in [-0.1, -0.05) is 20.3 Å². The molecule has 5 heteroatoms. The number of methoxy groups -OCH3 is 1. The maximum atomic E-state index is 13.7. The number of rotatable bonds is 5. The lowest BCUT2D eigenvalue weighted by Gasteiger charge is -2.19. The molecule has 2 unspecified atom stereocenters.